The molecule has 5 nitrogen and oxygen atoms in total. The topological polar surface area (TPSA) is 59.5 Å². The second-order valence-corrected chi connectivity index (χ2v) is 7.23. The monoisotopic (exact) mass is 386 g/mol. The van der Waals surface area contributed by atoms with Crippen molar-refractivity contribution >= 4 is 33.4 Å². The van der Waals surface area contributed by atoms with E-state index in [4.69, 9.17) is 4.74 Å². The summed E-state index contributed by atoms with van der Waals surface area (Å²) < 4.78 is 19.0. The first-order valence-electron chi connectivity index (χ1n) is 8.50. The highest BCUT2D eigenvalue weighted by atomic mass is 32.1. The maximum atomic E-state index is 12.8. The summed E-state index contributed by atoms with van der Waals surface area (Å²) in [4.78, 5) is 30.0. The molecule has 0 radical (unpaired) electrons. The molecule has 1 heterocycles. The van der Waals surface area contributed by atoms with Gasteiger partial charge in [-0.05, 0) is 36.2 Å². The average molecular weight is 386 g/mol. The van der Waals surface area contributed by atoms with Gasteiger partial charge < -0.3 is 9.64 Å². The van der Waals surface area contributed by atoms with Gasteiger partial charge in [0.05, 0.1) is 16.8 Å². The molecule has 0 unspecified atom stereocenters. The van der Waals surface area contributed by atoms with Gasteiger partial charge in [0.15, 0.2) is 6.61 Å². The van der Waals surface area contributed by atoms with Crippen molar-refractivity contribution < 1.29 is 18.7 Å². The summed E-state index contributed by atoms with van der Waals surface area (Å²) in [7, 11) is 1.65. The van der Waals surface area contributed by atoms with E-state index in [9.17, 15) is 14.0 Å². The van der Waals surface area contributed by atoms with E-state index in [2.05, 4.69) is 4.98 Å². The number of halogens is 1. The number of aryl methyl sites for hydroxylation is 1. The van der Waals surface area contributed by atoms with E-state index in [1.165, 1.54) is 28.4 Å². The third-order valence-electron chi connectivity index (χ3n) is 4.02. The van der Waals surface area contributed by atoms with Crippen molar-refractivity contribution in [1.82, 2.24) is 9.88 Å². The molecule has 1 amide bonds. The number of nitrogens with zero attached hydrogens (tertiary/aromatic N) is 2. The predicted octanol–water partition coefficient (Wildman–Crippen LogP) is 3.57. The Morgan fingerprint density at radius 1 is 1.15 bits per heavy atom. The second kappa shape index (κ2) is 8.73. The van der Waals surface area contributed by atoms with Crippen molar-refractivity contribution in [2.75, 3.05) is 13.7 Å². The number of aromatic nitrogens is 1. The van der Waals surface area contributed by atoms with Gasteiger partial charge in [0.1, 0.15) is 10.8 Å². The van der Waals surface area contributed by atoms with Crippen LogP contribution in [-0.4, -0.2) is 35.4 Å². The number of hydrogen-bond donors (Lipinski definition) is 0. The lowest BCUT2D eigenvalue weighted by atomic mass is 10.1. The summed E-state index contributed by atoms with van der Waals surface area (Å²) in [5.41, 5.74) is 1.75. The van der Waals surface area contributed by atoms with Crippen molar-refractivity contribution in [1.29, 1.82) is 0 Å². The minimum atomic E-state index is -0.457. The minimum Gasteiger partial charge on any atom is -0.456 e. The van der Waals surface area contributed by atoms with Crippen LogP contribution in [0.1, 0.15) is 17.0 Å². The van der Waals surface area contributed by atoms with Crippen molar-refractivity contribution in [3.63, 3.8) is 0 Å². The molecule has 3 rings (SSSR count). The number of esters is 1. The molecule has 1 aromatic heterocycles. The number of hydrogen-bond acceptors (Lipinski definition) is 5. The lowest BCUT2D eigenvalue weighted by Crippen LogP contribution is -2.30. The molecule has 0 bridgehead atoms. The van der Waals surface area contributed by atoms with Crippen LogP contribution in [-0.2, 0) is 27.3 Å². The third-order valence-corrected chi connectivity index (χ3v) is 5.05. The molecule has 0 aliphatic rings. The second-order valence-electron chi connectivity index (χ2n) is 6.11. The first kappa shape index (κ1) is 19.0. The lowest BCUT2D eigenvalue weighted by Gasteiger charge is -2.15. The highest BCUT2D eigenvalue weighted by Crippen LogP contribution is 2.22. The molecule has 3 aromatic rings. The molecule has 2 aromatic carbocycles. The lowest BCUT2D eigenvalue weighted by molar-refractivity contribution is -0.151. The molecule has 0 aliphatic carbocycles. The van der Waals surface area contributed by atoms with Crippen LogP contribution in [0.4, 0.5) is 4.39 Å². The van der Waals surface area contributed by atoms with Crippen LogP contribution in [0.15, 0.2) is 48.5 Å². The SMILES string of the molecule is CN(Cc1nc2ccccc2s1)C(=O)COC(=O)CCc1ccc(F)cc1. The molecule has 0 aliphatic heterocycles. The van der Waals surface area contributed by atoms with Crippen LogP contribution in [0.3, 0.4) is 0 Å². The fraction of sp³-hybridized carbons (Fsp3) is 0.250. The van der Waals surface area contributed by atoms with Gasteiger partial charge in [0.25, 0.3) is 5.91 Å². The smallest absolute Gasteiger partial charge is 0.306 e. The van der Waals surface area contributed by atoms with Gasteiger partial charge in [-0.2, -0.15) is 0 Å². The van der Waals surface area contributed by atoms with E-state index in [1.807, 2.05) is 24.3 Å². The Hall–Kier alpha value is -2.80. The molecule has 0 atom stereocenters. The Balaban J connectivity index is 1.43. The Labute approximate surface area is 160 Å². The van der Waals surface area contributed by atoms with E-state index in [0.29, 0.717) is 13.0 Å². The normalized spacial score (nSPS) is 10.7. The summed E-state index contributed by atoms with van der Waals surface area (Å²) in [5.74, 6) is -1.06. The summed E-state index contributed by atoms with van der Waals surface area (Å²) in [6, 6.07) is 13.7. The molecule has 0 spiro atoms. The highest BCUT2D eigenvalue weighted by molar-refractivity contribution is 7.18. The third kappa shape index (κ3) is 5.34. The Morgan fingerprint density at radius 2 is 1.89 bits per heavy atom. The largest absolute Gasteiger partial charge is 0.456 e. The molecular formula is C20H19FN2O3S. The fourth-order valence-corrected chi connectivity index (χ4v) is 3.52. The van der Waals surface area contributed by atoms with Crippen LogP contribution in [0, 0.1) is 5.82 Å². The number of rotatable bonds is 7. The first-order valence-corrected chi connectivity index (χ1v) is 9.31. The molecule has 140 valence electrons. The summed E-state index contributed by atoms with van der Waals surface area (Å²) in [6.07, 6.45) is 0.579. The van der Waals surface area contributed by atoms with Gasteiger partial charge in [0.2, 0.25) is 0 Å². The number of amides is 1. The van der Waals surface area contributed by atoms with Gasteiger partial charge in [0, 0.05) is 13.5 Å². The number of likely N-dealkylation sites (N-methyl/N-ethyl adjacent to an activating group) is 1. The predicted molar refractivity (Wildman–Crippen MR) is 102 cm³/mol. The standard InChI is InChI=1S/C20H19FN2O3S/c1-23(12-18-22-16-4-2-3-5-17(16)27-18)19(24)13-26-20(25)11-8-14-6-9-15(21)10-7-14/h2-7,9-10H,8,11-13H2,1H3. The molecule has 0 saturated heterocycles. The number of benzene rings is 2. The van der Waals surface area contributed by atoms with Crippen molar-refractivity contribution in [3.05, 3.63) is 64.9 Å². The van der Waals surface area contributed by atoms with E-state index in [0.717, 1.165) is 20.8 Å². The van der Waals surface area contributed by atoms with Gasteiger partial charge in [-0.1, -0.05) is 24.3 Å². The van der Waals surface area contributed by atoms with Gasteiger partial charge >= 0.3 is 5.97 Å². The molecule has 0 saturated carbocycles. The fourth-order valence-electron chi connectivity index (χ4n) is 2.50. The molecule has 0 fully saturated rings. The highest BCUT2D eigenvalue weighted by Gasteiger charge is 2.14. The van der Waals surface area contributed by atoms with Crippen molar-refractivity contribution in [2.24, 2.45) is 0 Å². The summed E-state index contributed by atoms with van der Waals surface area (Å²) in [5, 5.41) is 0.828. The van der Waals surface area contributed by atoms with E-state index in [-0.39, 0.29) is 24.8 Å². The van der Waals surface area contributed by atoms with Crippen LogP contribution in [0.2, 0.25) is 0 Å². The zero-order valence-corrected chi connectivity index (χ0v) is 15.7. The zero-order chi connectivity index (χ0) is 19.2. The van der Waals surface area contributed by atoms with Crippen molar-refractivity contribution in [3.8, 4) is 0 Å². The molecule has 0 N–H and O–H groups in total. The first-order chi connectivity index (χ1) is 13.0. The van der Waals surface area contributed by atoms with Gasteiger partial charge in [-0.3, -0.25) is 9.59 Å². The molecular weight excluding hydrogens is 367 g/mol. The van der Waals surface area contributed by atoms with E-state index >= 15 is 0 Å². The van der Waals surface area contributed by atoms with Crippen LogP contribution >= 0.6 is 11.3 Å². The van der Waals surface area contributed by atoms with Gasteiger partial charge in [-0.25, -0.2) is 9.37 Å². The molecule has 27 heavy (non-hydrogen) atoms. The Morgan fingerprint density at radius 3 is 2.63 bits per heavy atom. The van der Waals surface area contributed by atoms with E-state index in [1.54, 1.807) is 19.2 Å². The van der Waals surface area contributed by atoms with Crippen LogP contribution in [0.5, 0.6) is 0 Å². The van der Waals surface area contributed by atoms with Crippen molar-refractivity contribution in [2.45, 2.75) is 19.4 Å². The van der Waals surface area contributed by atoms with Crippen LogP contribution in [0.25, 0.3) is 10.2 Å². The number of carbonyl (C=O) groups excluding carboxylic acids is 2. The number of carbonyl (C=O) groups is 2. The number of ether oxygens (including phenoxy) is 1. The maximum Gasteiger partial charge on any atom is 0.306 e. The zero-order valence-electron chi connectivity index (χ0n) is 14.9. The minimum absolute atomic E-state index is 0.139. The number of fused-ring (bicyclic) bond motifs is 1. The maximum absolute atomic E-state index is 12.8. The van der Waals surface area contributed by atoms with Gasteiger partial charge in [-0.15, -0.1) is 11.3 Å². The molecule has 7 heteroatoms. The number of thiazole rings is 1. The Kier molecular flexibility index (Phi) is 6.13. The number of para-hydroxylation sites is 1. The van der Waals surface area contributed by atoms with Crippen LogP contribution < -0.4 is 0 Å². The Bertz CT molecular complexity index is 907. The summed E-state index contributed by atoms with van der Waals surface area (Å²) in [6.45, 7) is 0.0644. The van der Waals surface area contributed by atoms with E-state index < -0.39 is 5.97 Å². The average Bonchev–Trinajstić information content (AvgIpc) is 3.07. The summed E-state index contributed by atoms with van der Waals surface area (Å²) >= 11 is 1.53. The quantitative estimate of drug-likeness (QED) is 0.583.